The van der Waals surface area contributed by atoms with E-state index in [4.69, 9.17) is 19.4 Å². The smallest absolute Gasteiger partial charge is 0.172 e. The summed E-state index contributed by atoms with van der Waals surface area (Å²) >= 11 is 0. The summed E-state index contributed by atoms with van der Waals surface area (Å²) in [5.41, 5.74) is 14.2. The summed E-state index contributed by atoms with van der Waals surface area (Å²) in [6, 6.07) is 78.6. The summed E-state index contributed by atoms with van der Waals surface area (Å²) in [5, 5.41) is 4.31. The molecule has 0 saturated carbocycles. The number of para-hydroxylation sites is 2. The second kappa shape index (κ2) is 14.6. The lowest BCUT2D eigenvalue weighted by atomic mass is 9.98. The van der Waals surface area contributed by atoms with E-state index < -0.39 is 0 Å². The second-order valence-corrected chi connectivity index (χ2v) is 15.5. The molecule has 0 amide bonds. The molecule has 62 heavy (non-hydrogen) atoms. The zero-order chi connectivity index (χ0) is 41.0. The van der Waals surface area contributed by atoms with Crippen LogP contribution in [-0.2, 0) is 0 Å². The lowest BCUT2D eigenvalue weighted by molar-refractivity contribution is 0.669. The Kier molecular flexibility index (Phi) is 8.33. The Hall–Kier alpha value is -8.59. The predicted molar refractivity (Wildman–Crippen MR) is 252 cm³/mol. The topological polar surface area (TPSA) is 56.7 Å². The number of hydrogen-bond acceptors (Lipinski definition) is 4. The Morgan fingerprint density at radius 2 is 0.887 bits per heavy atom. The number of nitrogens with zero attached hydrogens (tertiary/aromatic N) is 4. The lowest BCUT2D eigenvalue weighted by Crippen LogP contribution is -2.00. The summed E-state index contributed by atoms with van der Waals surface area (Å²) in [6.07, 6.45) is 0. The van der Waals surface area contributed by atoms with Crippen molar-refractivity contribution in [2.75, 3.05) is 0 Å². The number of hydrogen-bond donors (Lipinski definition) is 0. The summed E-state index contributed by atoms with van der Waals surface area (Å²) < 4.78 is 8.60. The fraction of sp³-hybridized carbons (Fsp3) is 0. The first-order valence-corrected chi connectivity index (χ1v) is 20.7. The van der Waals surface area contributed by atoms with Crippen LogP contribution in [0.1, 0.15) is 0 Å². The summed E-state index contributed by atoms with van der Waals surface area (Å²) in [6.45, 7) is 0. The van der Waals surface area contributed by atoms with Gasteiger partial charge in [-0.25, -0.2) is 15.0 Å². The zero-order valence-electron chi connectivity index (χ0n) is 33.3. The van der Waals surface area contributed by atoms with Crippen LogP contribution in [0.2, 0.25) is 0 Å². The van der Waals surface area contributed by atoms with Gasteiger partial charge in [-0.05, 0) is 81.9 Å². The molecule has 0 bridgehead atoms. The summed E-state index contributed by atoms with van der Waals surface area (Å²) in [4.78, 5) is 15.1. The Morgan fingerprint density at radius 1 is 0.339 bits per heavy atom. The molecule has 5 nitrogen and oxygen atoms in total. The van der Waals surface area contributed by atoms with Crippen LogP contribution in [0.25, 0.3) is 117 Å². The van der Waals surface area contributed by atoms with E-state index in [0.717, 1.165) is 55.3 Å². The van der Waals surface area contributed by atoms with Gasteiger partial charge in [-0.3, -0.25) is 0 Å². The van der Waals surface area contributed by atoms with Crippen molar-refractivity contribution in [3.8, 4) is 73.2 Å². The molecule has 9 aromatic carbocycles. The molecule has 0 unspecified atom stereocenters. The first-order chi connectivity index (χ1) is 30.7. The summed E-state index contributed by atoms with van der Waals surface area (Å²) in [5.74, 6) is 1.64. The minimum absolute atomic E-state index is 0.498. The molecule has 0 aliphatic heterocycles. The fourth-order valence-electron chi connectivity index (χ4n) is 8.65. The number of rotatable bonds is 7. The summed E-state index contributed by atoms with van der Waals surface area (Å²) in [7, 11) is 0. The van der Waals surface area contributed by atoms with Gasteiger partial charge >= 0.3 is 0 Å². The van der Waals surface area contributed by atoms with Crippen molar-refractivity contribution in [1.29, 1.82) is 0 Å². The molecule has 0 fully saturated rings. The molecule has 0 radical (unpaired) electrons. The van der Waals surface area contributed by atoms with Crippen LogP contribution in [0.4, 0.5) is 0 Å². The third-order valence-corrected chi connectivity index (χ3v) is 11.7. The van der Waals surface area contributed by atoms with Gasteiger partial charge in [0.25, 0.3) is 0 Å². The van der Waals surface area contributed by atoms with Crippen LogP contribution < -0.4 is 0 Å². The maximum absolute atomic E-state index is 6.21. The van der Waals surface area contributed by atoms with Crippen molar-refractivity contribution in [3.63, 3.8) is 0 Å². The number of furan rings is 1. The van der Waals surface area contributed by atoms with Gasteiger partial charge in [-0.2, -0.15) is 0 Å². The third kappa shape index (κ3) is 6.18. The van der Waals surface area contributed by atoms with Crippen LogP contribution in [0, 0.1) is 12.1 Å². The van der Waals surface area contributed by atoms with Gasteiger partial charge in [0, 0.05) is 39.0 Å². The highest BCUT2D eigenvalue weighted by molar-refractivity contribution is 6.10. The molecule has 0 spiro atoms. The molecule has 288 valence electrons. The fourth-order valence-corrected chi connectivity index (χ4v) is 8.65. The van der Waals surface area contributed by atoms with E-state index in [0.29, 0.717) is 28.6 Å². The molecule has 0 aliphatic carbocycles. The molecule has 12 aromatic rings. The largest absolute Gasteiger partial charge is 0.455 e. The van der Waals surface area contributed by atoms with E-state index in [1.807, 2.05) is 60.7 Å². The quantitative estimate of drug-likeness (QED) is 0.161. The highest BCUT2D eigenvalue weighted by Gasteiger charge is 2.17. The van der Waals surface area contributed by atoms with Crippen molar-refractivity contribution in [2.24, 2.45) is 0 Å². The van der Waals surface area contributed by atoms with E-state index >= 15 is 0 Å². The first kappa shape index (κ1) is 35.4. The van der Waals surface area contributed by atoms with Gasteiger partial charge in [0.15, 0.2) is 17.5 Å². The Labute approximate surface area is 357 Å². The number of aromatic nitrogens is 4. The molecule has 0 aliphatic rings. The Bertz CT molecular complexity index is 3640. The maximum Gasteiger partial charge on any atom is 0.172 e. The van der Waals surface area contributed by atoms with Crippen molar-refractivity contribution in [2.45, 2.75) is 0 Å². The van der Waals surface area contributed by atoms with E-state index in [1.165, 1.54) is 33.0 Å². The van der Waals surface area contributed by atoms with E-state index in [9.17, 15) is 0 Å². The van der Waals surface area contributed by atoms with Gasteiger partial charge < -0.3 is 8.98 Å². The minimum Gasteiger partial charge on any atom is -0.455 e. The second-order valence-electron chi connectivity index (χ2n) is 15.5. The molecule has 0 N–H and O–H groups in total. The molecule has 0 atom stereocenters. The Morgan fingerprint density at radius 3 is 1.68 bits per heavy atom. The normalized spacial score (nSPS) is 11.4. The van der Waals surface area contributed by atoms with Gasteiger partial charge in [-0.1, -0.05) is 164 Å². The maximum atomic E-state index is 6.21. The number of benzene rings is 8. The SMILES string of the molecule is c1c(-c2nc(-c3ccccc3)nc(-c3cccc(-c4cccc(-n5c6ccccc6c6ccc(-c7cccc(-c8ccccc8)c7)cc65)c4)c3)n2)cc2oc3ccccc3c2c#1. The van der Waals surface area contributed by atoms with Crippen LogP contribution in [0.3, 0.4) is 0 Å². The standard InChI is InChI=1S/C57H34N4O/c1-3-14-37(15-4-1)39-18-11-19-40(32-39)43-28-30-48-47-24-7-9-26-51(47)61(52(48)35-43)46-23-13-21-42(34-46)41-20-12-22-44(33-41)56-58-55(38-16-5-2-6-17-38)59-57(60-56)45-29-31-50-49-25-8-10-27-53(49)62-54(50)36-45/h1-28,30,32-36H. The third-order valence-electron chi connectivity index (χ3n) is 11.7. The average molecular weight is 791 g/mol. The molecular weight excluding hydrogens is 757 g/mol. The zero-order valence-corrected chi connectivity index (χ0v) is 33.3. The lowest BCUT2D eigenvalue weighted by Gasteiger charge is -2.12. The average Bonchev–Trinajstić information content (AvgIpc) is 3.89. The molecular formula is C57H34N4O. The van der Waals surface area contributed by atoms with Crippen molar-refractivity contribution >= 4 is 43.7 Å². The molecule has 0 saturated heterocycles. The molecule has 5 heteroatoms. The Balaban J connectivity index is 0.955. The van der Waals surface area contributed by atoms with E-state index in [1.54, 1.807) is 0 Å². The molecule has 12 rings (SSSR count). The van der Waals surface area contributed by atoms with Gasteiger partial charge in [-0.15, -0.1) is 0 Å². The van der Waals surface area contributed by atoms with Gasteiger partial charge in [0.2, 0.25) is 0 Å². The predicted octanol–water partition coefficient (Wildman–Crippen LogP) is 14.5. The van der Waals surface area contributed by atoms with Crippen molar-refractivity contribution in [3.05, 3.63) is 218 Å². The van der Waals surface area contributed by atoms with Crippen LogP contribution in [-0.4, -0.2) is 19.5 Å². The van der Waals surface area contributed by atoms with Crippen molar-refractivity contribution < 1.29 is 4.42 Å². The van der Waals surface area contributed by atoms with Gasteiger partial charge in [0.05, 0.1) is 22.0 Å². The molecule has 3 heterocycles. The van der Waals surface area contributed by atoms with E-state index in [-0.39, 0.29) is 0 Å². The minimum atomic E-state index is 0.498. The monoisotopic (exact) mass is 790 g/mol. The first-order valence-electron chi connectivity index (χ1n) is 20.7. The van der Waals surface area contributed by atoms with Crippen LogP contribution in [0.5, 0.6) is 0 Å². The van der Waals surface area contributed by atoms with Crippen LogP contribution in [0.15, 0.2) is 211 Å². The van der Waals surface area contributed by atoms with Crippen molar-refractivity contribution in [1.82, 2.24) is 19.5 Å². The van der Waals surface area contributed by atoms with E-state index in [2.05, 4.69) is 162 Å². The highest BCUT2D eigenvalue weighted by atomic mass is 16.3. The van der Waals surface area contributed by atoms with Gasteiger partial charge in [0.1, 0.15) is 11.2 Å². The molecule has 3 aromatic heterocycles. The highest BCUT2D eigenvalue weighted by Crippen LogP contribution is 2.37. The van der Waals surface area contributed by atoms with Crippen LogP contribution >= 0.6 is 0 Å². The number of fused-ring (bicyclic) bond motifs is 6.